The molecule has 0 aliphatic heterocycles. The molecule has 0 heterocycles. The van der Waals surface area contributed by atoms with Crippen molar-refractivity contribution >= 4 is 11.5 Å². The van der Waals surface area contributed by atoms with Gasteiger partial charge >= 0.3 is 6.18 Å². The number of benzene rings is 2. The third kappa shape index (κ3) is 2.59. The third-order valence-corrected chi connectivity index (χ3v) is 2.77. The Bertz CT molecular complexity index is 666. The van der Waals surface area contributed by atoms with Crippen LogP contribution < -0.4 is 5.73 Å². The summed E-state index contributed by atoms with van der Waals surface area (Å²) in [6.07, 6.45) is -4.59. The van der Waals surface area contributed by atoms with Crippen molar-refractivity contribution in [3.63, 3.8) is 0 Å². The number of hydrogen-bond donors (Lipinski definition) is 2. The Labute approximate surface area is 112 Å². The van der Waals surface area contributed by atoms with E-state index in [1.54, 1.807) is 6.07 Å². The largest absolute Gasteiger partial charge is 0.507 e. The van der Waals surface area contributed by atoms with Gasteiger partial charge in [-0.25, -0.2) is 0 Å². The number of para-hydroxylation sites is 1. The molecular weight excluding hydrogens is 271 g/mol. The molecular formula is C14H10F3NO2. The standard InChI is InChI=1S/C14H10F3NO2/c15-14(16,17)8-5-6-12(19)10(7-8)13(20)9-3-1-2-4-11(9)18/h1-7,19H,18H2. The maximum Gasteiger partial charge on any atom is 0.416 e. The van der Waals surface area contributed by atoms with Crippen LogP contribution in [0.5, 0.6) is 5.75 Å². The molecule has 0 unspecified atom stereocenters. The first-order valence-electron chi connectivity index (χ1n) is 5.60. The summed E-state index contributed by atoms with van der Waals surface area (Å²) >= 11 is 0. The summed E-state index contributed by atoms with van der Waals surface area (Å²) < 4.78 is 37.9. The Morgan fingerprint density at radius 1 is 1.05 bits per heavy atom. The minimum atomic E-state index is -4.59. The summed E-state index contributed by atoms with van der Waals surface area (Å²) in [6.45, 7) is 0. The molecule has 2 aromatic carbocycles. The summed E-state index contributed by atoms with van der Waals surface area (Å²) in [5.74, 6) is -1.28. The molecule has 0 spiro atoms. The van der Waals surface area contributed by atoms with Crippen molar-refractivity contribution in [3.8, 4) is 5.75 Å². The first kappa shape index (κ1) is 13.9. The molecule has 0 bridgehead atoms. The van der Waals surface area contributed by atoms with Crippen LogP contribution in [-0.2, 0) is 6.18 Å². The van der Waals surface area contributed by atoms with E-state index < -0.39 is 28.8 Å². The lowest BCUT2D eigenvalue weighted by atomic mass is 9.99. The Kier molecular flexibility index (Phi) is 3.40. The minimum absolute atomic E-state index is 0.0436. The molecule has 0 aliphatic rings. The zero-order valence-corrected chi connectivity index (χ0v) is 10.1. The summed E-state index contributed by atoms with van der Waals surface area (Å²) in [6, 6.07) is 8.14. The Hall–Kier alpha value is -2.50. The highest BCUT2D eigenvalue weighted by molar-refractivity contribution is 6.13. The van der Waals surface area contributed by atoms with Crippen molar-refractivity contribution in [1.82, 2.24) is 0 Å². The van der Waals surface area contributed by atoms with Crippen molar-refractivity contribution in [2.24, 2.45) is 0 Å². The van der Waals surface area contributed by atoms with E-state index in [0.29, 0.717) is 12.1 Å². The van der Waals surface area contributed by atoms with Crippen LogP contribution in [0.1, 0.15) is 21.5 Å². The van der Waals surface area contributed by atoms with Crippen LogP contribution in [0.15, 0.2) is 42.5 Å². The fourth-order valence-electron chi connectivity index (χ4n) is 1.74. The Morgan fingerprint density at radius 3 is 2.30 bits per heavy atom. The van der Waals surface area contributed by atoms with E-state index >= 15 is 0 Å². The van der Waals surface area contributed by atoms with E-state index in [1.165, 1.54) is 18.2 Å². The predicted octanol–water partition coefficient (Wildman–Crippen LogP) is 3.22. The third-order valence-electron chi connectivity index (χ3n) is 2.77. The number of ketones is 1. The van der Waals surface area contributed by atoms with Crippen LogP contribution in [0.4, 0.5) is 18.9 Å². The second-order valence-electron chi connectivity index (χ2n) is 4.15. The number of rotatable bonds is 2. The number of alkyl halides is 3. The molecule has 20 heavy (non-hydrogen) atoms. The summed E-state index contributed by atoms with van der Waals surface area (Å²) in [5, 5.41) is 9.59. The Morgan fingerprint density at radius 2 is 1.70 bits per heavy atom. The molecule has 0 aliphatic carbocycles. The SMILES string of the molecule is Nc1ccccc1C(=O)c1cc(C(F)(F)F)ccc1O. The van der Waals surface area contributed by atoms with Crippen LogP contribution >= 0.6 is 0 Å². The molecule has 0 saturated heterocycles. The molecule has 0 atom stereocenters. The fraction of sp³-hybridized carbons (Fsp3) is 0.0714. The van der Waals surface area contributed by atoms with Gasteiger partial charge in [0.1, 0.15) is 5.75 Å². The van der Waals surface area contributed by atoms with Crippen molar-refractivity contribution in [3.05, 3.63) is 59.2 Å². The number of hydrogen-bond acceptors (Lipinski definition) is 3. The average molecular weight is 281 g/mol. The number of nitrogen functional groups attached to an aromatic ring is 1. The average Bonchev–Trinajstić information content (AvgIpc) is 2.37. The van der Waals surface area contributed by atoms with E-state index in [4.69, 9.17) is 5.73 Å². The number of anilines is 1. The predicted molar refractivity (Wildman–Crippen MR) is 67.4 cm³/mol. The number of carbonyl (C=O) groups is 1. The summed E-state index contributed by atoms with van der Waals surface area (Å²) in [5.41, 5.74) is 4.35. The molecule has 0 amide bonds. The fourth-order valence-corrected chi connectivity index (χ4v) is 1.74. The molecule has 0 aromatic heterocycles. The quantitative estimate of drug-likeness (QED) is 0.656. The van der Waals surface area contributed by atoms with Gasteiger partial charge in [0.2, 0.25) is 0 Å². The van der Waals surface area contributed by atoms with Gasteiger partial charge in [-0.3, -0.25) is 4.79 Å². The highest BCUT2D eigenvalue weighted by atomic mass is 19.4. The van der Waals surface area contributed by atoms with Gasteiger partial charge in [-0.1, -0.05) is 12.1 Å². The van der Waals surface area contributed by atoms with Crippen LogP contribution in [0, 0.1) is 0 Å². The number of phenolic OH excluding ortho intramolecular Hbond substituents is 1. The molecule has 3 nitrogen and oxygen atoms in total. The van der Waals surface area contributed by atoms with Crippen LogP contribution in [0.3, 0.4) is 0 Å². The van der Waals surface area contributed by atoms with E-state index in [0.717, 1.165) is 6.07 Å². The highest BCUT2D eigenvalue weighted by Gasteiger charge is 2.32. The maximum absolute atomic E-state index is 12.6. The molecule has 0 fully saturated rings. The normalized spacial score (nSPS) is 11.3. The zero-order chi connectivity index (χ0) is 14.9. The first-order valence-corrected chi connectivity index (χ1v) is 5.60. The van der Waals surface area contributed by atoms with Crippen LogP contribution in [0.25, 0.3) is 0 Å². The lowest BCUT2D eigenvalue weighted by Gasteiger charge is -2.10. The summed E-state index contributed by atoms with van der Waals surface area (Å²) in [7, 11) is 0. The number of aromatic hydroxyl groups is 1. The van der Waals surface area contributed by atoms with Crippen molar-refractivity contribution in [2.45, 2.75) is 6.18 Å². The highest BCUT2D eigenvalue weighted by Crippen LogP contribution is 2.33. The second-order valence-corrected chi connectivity index (χ2v) is 4.15. The minimum Gasteiger partial charge on any atom is -0.507 e. The Balaban J connectivity index is 2.53. The van der Waals surface area contributed by atoms with Crippen LogP contribution in [-0.4, -0.2) is 10.9 Å². The maximum atomic E-state index is 12.6. The van der Waals surface area contributed by atoms with Gasteiger partial charge in [0.05, 0.1) is 11.1 Å². The molecule has 2 aromatic rings. The molecule has 104 valence electrons. The van der Waals surface area contributed by atoms with Gasteiger partial charge in [-0.2, -0.15) is 13.2 Å². The van der Waals surface area contributed by atoms with Gasteiger partial charge in [0.25, 0.3) is 0 Å². The smallest absolute Gasteiger partial charge is 0.416 e. The number of phenols is 1. The topological polar surface area (TPSA) is 63.3 Å². The lowest BCUT2D eigenvalue weighted by Crippen LogP contribution is -2.09. The molecule has 0 radical (unpaired) electrons. The van der Waals surface area contributed by atoms with Gasteiger partial charge in [0, 0.05) is 11.3 Å². The van der Waals surface area contributed by atoms with E-state index in [2.05, 4.69) is 0 Å². The number of halogens is 3. The van der Waals surface area contributed by atoms with E-state index in [1.807, 2.05) is 0 Å². The van der Waals surface area contributed by atoms with Gasteiger partial charge < -0.3 is 10.8 Å². The van der Waals surface area contributed by atoms with Gasteiger partial charge in [-0.05, 0) is 30.3 Å². The van der Waals surface area contributed by atoms with E-state index in [9.17, 15) is 23.1 Å². The van der Waals surface area contributed by atoms with Gasteiger partial charge in [0.15, 0.2) is 5.78 Å². The molecule has 2 rings (SSSR count). The van der Waals surface area contributed by atoms with Crippen molar-refractivity contribution in [2.75, 3.05) is 5.73 Å². The molecule has 0 saturated carbocycles. The van der Waals surface area contributed by atoms with E-state index in [-0.39, 0.29) is 11.3 Å². The van der Waals surface area contributed by atoms with Crippen molar-refractivity contribution in [1.29, 1.82) is 0 Å². The molecule has 6 heteroatoms. The summed E-state index contributed by atoms with van der Waals surface area (Å²) in [4.78, 5) is 12.2. The number of nitrogens with two attached hydrogens (primary N) is 1. The lowest BCUT2D eigenvalue weighted by molar-refractivity contribution is -0.137. The number of carbonyl (C=O) groups excluding carboxylic acids is 1. The second kappa shape index (κ2) is 4.88. The zero-order valence-electron chi connectivity index (χ0n) is 10.1. The molecule has 3 N–H and O–H groups in total. The first-order chi connectivity index (χ1) is 9.30. The van der Waals surface area contributed by atoms with Crippen LogP contribution in [0.2, 0.25) is 0 Å². The van der Waals surface area contributed by atoms with Gasteiger partial charge in [-0.15, -0.1) is 0 Å². The van der Waals surface area contributed by atoms with Crippen molar-refractivity contribution < 1.29 is 23.1 Å². The monoisotopic (exact) mass is 281 g/mol.